The van der Waals surface area contributed by atoms with Crippen LogP contribution < -0.4 is 5.69 Å². The number of hydrogen-bond acceptors (Lipinski definition) is 4. The fourth-order valence-electron chi connectivity index (χ4n) is 4.67. The number of pyridine rings is 1. The molecule has 180 valence electrons. The lowest BCUT2D eigenvalue weighted by atomic mass is 9.89. The maximum Gasteiger partial charge on any atom is 0.326 e. The molecule has 2 N–H and O–H groups in total. The molecule has 1 aliphatic carbocycles. The third kappa shape index (κ3) is 5.24. The van der Waals surface area contributed by atoms with Gasteiger partial charge in [-0.2, -0.15) is 0 Å². The molecule has 4 aromatic rings. The van der Waals surface area contributed by atoms with Gasteiger partial charge in [-0.1, -0.05) is 48.5 Å². The number of benzene rings is 2. The number of aromatic amines is 1. The van der Waals surface area contributed by atoms with Crippen LogP contribution in [0.1, 0.15) is 32.1 Å². The van der Waals surface area contributed by atoms with Crippen LogP contribution in [0.15, 0.2) is 41.3 Å². The zero-order valence-electron chi connectivity index (χ0n) is 19.7. The largest absolute Gasteiger partial charge is 0.505 e. The van der Waals surface area contributed by atoms with Crippen LogP contribution in [-0.4, -0.2) is 45.2 Å². The van der Waals surface area contributed by atoms with Crippen molar-refractivity contribution in [1.29, 1.82) is 0 Å². The SMILES string of the molecule is CN(C)CC1CCCCC1.Cn1c(=O)[nH]c2c3cc(-c4cc(Cl)c(O)c(Cl)c4)ccc3ncc21. The van der Waals surface area contributed by atoms with Gasteiger partial charge in [0.1, 0.15) is 0 Å². The molecule has 1 saturated carbocycles. The Labute approximate surface area is 209 Å². The third-order valence-corrected chi connectivity index (χ3v) is 7.02. The summed E-state index contributed by atoms with van der Waals surface area (Å²) in [5.41, 5.74) is 3.64. The van der Waals surface area contributed by atoms with Gasteiger partial charge in [-0.3, -0.25) is 9.55 Å². The first-order chi connectivity index (χ1) is 16.2. The molecule has 1 aliphatic rings. The van der Waals surface area contributed by atoms with E-state index in [0.717, 1.165) is 39.0 Å². The number of fused-ring (bicyclic) bond motifs is 3. The molecule has 34 heavy (non-hydrogen) atoms. The minimum atomic E-state index is -0.194. The van der Waals surface area contributed by atoms with Crippen molar-refractivity contribution in [2.45, 2.75) is 32.1 Å². The number of hydrogen-bond donors (Lipinski definition) is 2. The maximum atomic E-state index is 11.9. The molecule has 0 aliphatic heterocycles. The van der Waals surface area contributed by atoms with E-state index in [1.54, 1.807) is 25.4 Å². The van der Waals surface area contributed by atoms with Crippen LogP contribution in [0.3, 0.4) is 0 Å². The lowest BCUT2D eigenvalue weighted by Gasteiger charge is -2.24. The van der Waals surface area contributed by atoms with Crippen molar-refractivity contribution in [1.82, 2.24) is 19.4 Å². The normalized spacial score (nSPS) is 14.5. The van der Waals surface area contributed by atoms with E-state index in [1.807, 2.05) is 18.2 Å². The van der Waals surface area contributed by atoms with Gasteiger partial charge < -0.3 is 15.0 Å². The van der Waals surface area contributed by atoms with Gasteiger partial charge in [0.05, 0.1) is 32.8 Å². The molecular formula is C26H30Cl2N4O2. The van der Waals surface area contributed by atoms with Gasteiger partial charge in [-0.15, -0.1) is 0 Å². The monoisotopic (exact) mass is 500 g/mol. The molecule has 6 nitrogen and oxygen atoms in total. The third-order valence-electron chi connectivity index (χ3n) is 6.44. The molecule has 0 unspecified atom stereocenters. The molecule has 8 heteroatoms. The topological polar surface area (TPSA) is 74.2 Å². The van der Waals surface area contributed by atoms with Crippen LogP contribution >= 0.6 is 23.2 Å². The highest BCUT2D eigenvalue weighted by molar-refractivity contribution is 6.37. The van der Waals surface area contributed by atoms with E-state index in [2.05, 4.69) is 29.0 Å². The zero-order valence-corrected chi connectivity index (χ0v) is 21.2. The second kappa shape index (κ2) is 10.4. The minimum absolute atomic E-state index is 0.140. The first kappa shape index (κ1) is 24.6. The van der Waals surface area contributed by atoms with Crippen molar-refractivity contribution in [3.05, 3.63) is 57.1 Å². The number of H-pyrrole nitrogens is 1. The highest BCUT2D eigenvalue weighted by Gasteiger charge is 2.14. The molecule has 0 radical (unpaired) electrons. The van der Waals surface area contributed by atoms with E-state index in [1.165, 1.54) is 43.2 Å². The van der Waals surface area contributed by atoms with E-state index < -0.39 is 0 Å². The summed E-state index contributed by atoms with van der Waals surface area (Å²) in [6.07, 6.45) is 9.03. The van der Waals surface area contributed by atoms with E-state index >= 15 is 0 Å². The number of aromatic nitrogens is 3. The number of phenolic OH excluding ortho intramolecular Hbond substituents is 1. The van der Waals surface area contributed by atoms with Crippen molar-refractivity contribution in [3.63, 3.8) is 0 Å². The Hall–Kier alpha value is -2.54. The van der Waals surface area contributed by atoms with Gasteiger partial charge in [-0.25, -0.2) is 4.79 Å². The standard InChI is InChI=1S/C17H11Cl2N3O2.C9H19N/c1-22-14-7-20-13-3-2-8(4-10(13)15(14)21-17(22)24)9-5-11(18)16(23)12(19)6-9;1-10(2)8-9-6-4-3-5-7-9/h2-7,23H,1H3,(H,21,24);9H,3-8H2,1-2H3. The quantitative estimate of drug-likeness (QED) is 0.350. The zero-order chi connectivity index (χ0) is 24.4. The van der Waals surface area contributed by atoms with Crippen molar-refractivity contribution in [2.24, 2.45) is 13.0 Å². The van der Waals surface area contributed by atoms with Crippen LogP contribution in [0, 0.1) is 5.92 Å². The Morgan fingerprint density at radius 2 is 1.76 bits per heavy atom. The van der Waals surface area contributed by atoms with Crippen LogP contribution in [0.4, 0.5) is 0 Å². The Balaban J connectivity index is 0.000000231. The Morgan fingerprint density at radius 3 is 2.41 bits per heavy atom. The summed E-state index contributed by atoms with van der Waals surface area (Å²) in [6, 6.07) is 8.96. The number of imidazole rings is 1. The number of nitrogens with one attached hydrogen (secondary N) is 1. The Morgan fingerprint density at radius 1 is 1.09 bits per heavy atom. The van der Waals surface area contributed by atoms with Crippen LogP contribution in [-0.2, 0) is 7.05 Å². The van der Waals surface area contributed by atoms with Crippen LogP contribution in [0.5, 0.6) is 5.75 Å². The molecule has 2 heterocycles. The van der Waals surface area contributed by atoms with Crippen molar-refractivity contribution in [3.8, 4) is 16.9 Å². The summed E-state index contributed by atoms with van der Waals surface area (Å²) in [7, 11) is 6.04. The number of rotatable bonds is 3. The van der Waals surface area contributed by atoms with Crippen molar-refractivity contribution < 1.29 is 5.11 Å². The number of halogens is 2. The van der Waals surface area contributed by atoms with Gasteiger partial charge in [0.2, 0.25) is 0 Å². The highest BCUT2D eigenvalue weighted by atomic mass is 35.5. The van der Waals surface area contributed by atoms with E-state index in [9.17, 15) is 9.90 Å². The van der Waals surface area contributed by atoms with Gasteiger partial charge in [0.25, 0.3) is 0 Å². The molecule has 1 fully saturated rings. The smallest absolute Gasteiger partial charge is 0.326 e. The van der Waals surface area contributed by atoms with E-state index in [0.29, 0.717) is 0 Å². The Kier molecular flexibility index (Phi) is 7.51. The molecular weight excluding hydrogens is 471 g/mol. The molecule has 0 atom stereocenters. The van der Waals surface area contributed by atoms with E-state index in [-0.39, 0.29) is 21.5 Å². The minimum Gasteiger partial charge on any atom is -0.505 e. The first-order valence-electron chi connectivity index (χ1n) is 11.5. The summed E-state index contributed by atoms with van der Waals surface area (Å²) in [5, 5.41) is 10.9. The Bertz CT molecular complexity index is 1350. The average Bonchev–Trinajstić information content (AvgIpc) is 3.11. The summed E-state index contributed by atoms with van der Waals surface area (Å²) < 4.78 is 1.52. The second-order valence-corrected chi connectivity index (χ2v) is 10.1. The predicted octanol–water partition coefficient (Wildman–Crippen LogP) is 6.22. The van der Waals surface area contributed by atoms with Gasteiger partial charge in [-0.05, 0) is 68.2 Å². The van der Waals surface area contributed by atoms with Crippen molar-refractivity contribution >= 4 is 45.1 Å². The molecule has 2 aromatic carbocycles. The average molecular weight is 501 g/mol. The van der Waals surface area contributed by atoms with Crippen molar-refractivity contribution in [2.75, 3.05) is 20.6 Å². The van der Waals surface area contributed by atoms with Crippen LogP contribution in [0.25, 0.3) is 33.1 Å². The van der Waals surface area contributed by atoms with E-state index in [4.69, 9.17) is 23.2 Å². The predicted molar refractivity (Wildman–Crippen MR) is 141 cm³/mol. The highest BCUT2D eigenvalue weighted by Crippen LogP contribution is 2.37. The summed E-state index contributed by atoms with van der Waals surface area (Å²) in [5.74, 6) is 0.864. The van der Waals surface area contributed by atoms with Gasteiger partial charge in [0.15, 0.2) is 5.75 Å². The first-order valence-corrected chi connectivity index (χ1v) is 12.3. The number of aryl methyl sites for hydroxylation is 1. The molecule has 0 saturated heterocycles. The summed E-state index contributed by atoms with van der Waals surface area (Å²) in [4.78, 5) is 21.4. The lowest BCUT2D eigenvalue weighted by molar-refractivity contribution is 0.264. The molecule has 0 bridgehead atoms. The number of nitrogens with zero attached hydrogens (tertiary/aromatic N) is 3. The van der Waals surface area contributed by atoms with Gasteiger partial charge in [0, 0.05) is 19.0 Å². The van der Waals surface area contributed by atoms with Gasteiger partial charge >= 0.3 is 5.69 Å². The lowest BCUT2D eigenvalue weighted by Crippen LogP contribution is -2.23. The summed E-state index contributed by atoms with van der Waals surface area (Å²) >= 11 is 12.0. The maximum absolute atomic E-state index is 11.9. The fourth-order valence-corrected chi connectivity index (χ4v) is 5.15. The molecule has 0 amide bonds. The fraction of sp³-hybridized carbons (Fsp3) is 0.385. The number of aromatic hydroxyl groups is 1. The second-order valence-electron chi connectivity index (χ2n) is 9.29. The molecule has 5 rings (SSSR count). The van der Waals surface area contributed by atoms with Crippen LogP contribution in [0.2, 0.25) is 10.0 Å². The summed E-state index contributed by atoms with van der Waals surface area (Å²) in [6.45, 7) is 1.31. The molecule has 2 aromatic heterocycles. The number of phenols is 1. The molecule has 0 spiro atoms.